The van der Waals surface area contributed by atoms with Crippen LogP contribution in [0.1, 0.15) is 87.2 Å². The smallest absolute Gasteiger partial charge is 0.353 e. The molecule has 1 aromatic carbocycles. The van der Waals surface area contributed by atoms with Gasteiger partial charge in [-0.2, -0.15) is 0 Å². The van der Waals surface area contributed by atoms with E-state index >= 15 is 0 Å². The summed E-state index contributed by atoms with van der Waals surface area (Å²) in [5.41, 5.74) is 1.64. The van der Waals surface area contributed by atoms with E-state index in [0.29, 0.717) is 16.5 Å². The van der Waals surface area contributed by atoms with Crippen molar-refractivity contribution >= 4 is 34.9 Å². The summed E-state index contributed by atoms with van der Waals surface area (Å²) in [6.07, 6.45) is 10.6. The Hall–Kier alpha value is -2.71. The zero-order valence-corrected chi connectivity index (χ0v) is 25.4. The van der Waals surface area contributed by atoms with Crippen molar-refractivity contribution in [2.45, 2.75) is 83.6 Å². The highest BCUT2D eigenvalue weighted by atomic mass is 32.1. The molecular formula is C33H45N2O5S+. The fraction of sp³-hybridized carbons (Fsp3) is 0.606. The first-order chi connectivity index (χ1) is 19.9. The second-order valence-electron chi connectivity index (χ2n) is 12.4. The van der Waals surface area contributed by atoms with Gasteiger partial charge < -0.3 is 19.3 Å². The Labute approximate surface area is 248 Å². The molecule has 3 fully saturated rings. The highest BCUT2D eigenvalue weighted by molar-refractivity contribution is 7.18. The lowest BCUT2D eigenvalue weighted by atomic mass is 9.82. The van der Waals surface area contributed by atoms with Crippen molar-refractivity contribution in [2.75, 3.05) is 31.8 Å². The van der Waals surface area contributed by atoms with Gasteiger partial charge in [0.25, 0.3) is 0 Å². The maximum absolute atomic E-state index is 14.3. The number of piperidine rings is 1. The van der Waals surface area contributed by atoms with E-state index in [2.05, 4.69) is 14.0 Å². The molecule has 5 rings (SSSR count). The van der Waals surface area contributed by atoms with Gasteiger partial charge in [-0.05, 0) is 56.1 Å². The highest BCUT2D eigenvalue weighted by Crippen LogP contribution is 2.41. The maximum Gasteiger partial charge on any atom is 0.353 e. The first-order valence-corrected chi connectivity index (χ1v) is 16.4. The number of thiophene rings is 1. The molecule has 3 aliphatic rings. The van der Waals surface area contributed by atoms with Crippen LogP contribution in [0.15, 0.2) is 36.4 Å². The molecule has 1 aliphatic heterocycles. The molecule has 2 aliphatic carbocycles. The molecule has 1 amide bonds. The first kappa shape index (κ1) is 29.8. The molecular weight excluding hydrogens is 536 g/mol. The lowest BCUT2D eigenvalue weighted by molar-refractivity contribution is -0.884. The van der Waals surface area contributed by atoms with Gasteiger partial charge in [-0.3, -0.25) is 9.59 Å². The number of esters is 2. The van der Waals surface area contributed by atoms with Crippen LogP contribution in [0, 0.1) is 17.8 Å². The molecule has 2 saturated carbocycles. The van der Waals surface area contributed by atoms with Crippen LogP contribution in [0.4, 0.5) is 5.69 Å². The number of hydrogen-bond acceptors (Lipinski definition) is 6. The van der Waals surface area contributed by atoms with E-state index in [1.165, 1.54) is 16.2 Å². The van der Waals surface area contributed by atoms with E-state index in [9.17, 15) is 14.4 Å². The topological polar surface area (TPSA) is 77.3 Å². The Morgan fingerprint density at radius 3 is 2.24 bits per heavy atom. The number of carbonyl (C=O) groups is 3. The SMILES string of the molecule is CC1CCC(C(=O)N(c2cc(-c3ccccc3)sc2C(=O)OCOC(=O)C2CCCCC2)C2CC[NH+](C)CC2)CC1. The third kappa shape index (κ3) is 7.39. The van der Waals surface area contributed by atoms with Crippen molar-refractivity contribution in [3.8, 4) is 10.4 Å². The van der Waals surface area contributed by atoms with Gasteiger partial charge in [-0.25, -0.2) is 4.79 Å². The monoisotopic (exact) mass is 581 g/mol. The van der Waals surface area contributed by atoms with Crippen molar-refractivity contribution in [3.63, 3.8) is 0 Å². The lowest BCUT2D eigenvalue weighted by Gasteiger charge is -2.38. The molecule has 222 valence electrons. The second-order valence-corrected chi connectivity index (χ2v) is 13.4. The van der Waals surface area contributed by atoms with Crippen LogP contribution in [-0.2, 0) is 19.1 Å². The van der Waals surface area contributed by atoms with Crippen LogP contribution in [-0.4, -0.2) is 50.8 Å². The Kier molecular flexibility index (Phi) is 10.1. The van der Waals surface area contributed by atoms with Gasteiger partial charge in [0.05, 0.1) is 31.7 Å². The van der Waals surface area contributed by atoms with Crippen molar-refractivity contribution in [2.24, 2.45) is 17.8 Å². The summed E-state index contributed by atoms with van der Waals surface area (Å²) in [7, 11) is 2.19. The number of anilines is 1. The summed E-state index contributed by atoms with van der Waals surface area (Å²) in [6, 6.07) is 12.0. The number of quaternary nitrogens is 1. The Bertz CT molecular complexity index is 1180. The molecule has 1 N–H and O–H groups in total. The van der Waals surface area contributed by atoms with Crippen LogP contribution in [0.25, 0.3) is 10.4 Å². The summed E-state index contributed by atoms with van der Waals surface area (Å²) in [5.74, 6) is -0.187. The predicted molar refractivity (Wildman–Crippen MR) is 161 cm³/mol. The summed E-state index contributed by atoms with van der Waals surface area (Å²) in [5, 5.41) is 0. The van der Waals surface area contributed by atoms with Gasteiger partial charge >= 0.3 is 11.9 Å². The minimum atomic E-state index is -0.544. The molecule has 41 heavy (non-hydrogen) atoms. The number of likely N-dealkylation sites (tertiary alicyclic amines) is 1. The number of hydrogen-bond donors (Lipinski definition) is 1. The zero-order chi connectivity index (χ0) is 28.8. The average molecular weight is 582 g/mol. The maximum atomic E-state index is 14.3. The van der Waals surface area contributed by atoms with Gasteiger partial charge in [0, 0.05) is 29.7 Å². The van der Waals surface area contributed by atoms with Gasteiger partial charge in [0.2, 0.25) is 12.7 Å². The zero-order valence-electron chi connectivity index (χ0n) is 24.6. The minimum absolute atomic E-state index is 0.0291. The van der Waals surface area contributed by atoms with E-state index in [0.717, 1.165) is 94.2 Å². The van der Waals surface area contributed by atoms with Crippen LogP contribution < -0.4 is 9.80 Å². The molecule has 1 aromatic heterocycles. The third-order valence-electron chi connectivity index (χ3n) is 9.32. The Morgan fingerprint density at radius 2 is 1.56 bits per heavy atom. The van der Waals surface area contributed by atoms with Gasteiger partial charge in [0.15, 0.2) is 0 Å². The van der Waals surface area contributed by atoms with Gasteiger partial charge in [-0.1, -0.05) is 56.5 Å². The van der Waals surface area contributed by atoms with E-state index in [4.69, 9.17) is 9.47 Å². The quantitative estimate of drug-likeness (QED) is 0.330. The molecule has 0 bridgehead atoms. The van der Waals surface area contributed by atoms with Crippen LogP contribution in [0.2, 0.25) is 0 Å². The van der Waals surface area contributed by atoms with E-state index in [1.807, 2.05) is 41.3 Å². The number of nitrogens with zero attached hydrogens (tertiary/aromatic N) is 1. The average Bonchev–Trinajstić information content (AvgIpc) is 3.44. The molecule has 0 radical (unpaired) electrons. The van der Waals surface area contributed by atoms with Crippen molar-refractivity contribution in [3.05, 3.63) is 41.3 Å². The summed E-state index contributed by atoms with van der Waals surface area (Å²) in [6.45, 7) is 3.84. The minimum Gasteiger partial charge on any atom is -0.428 e. The van der Waals surface area contributed by atoms with Gasteiger partial charge in [0.1, 0.15) is 4.88 Å². The van der Waals surface area contributed by atoms with Crippen LogP contribution in [0.3, 0.4) is 0 Å². The summed E-state index contributed by atoms with van der Waals surface area (Å²) >= 11 is 1.35. The van der Waals surface area contributed by atoms with Crippen molar-refractivity contribution < 1.29 is 28.8 Å². The molecule has 7 nitrogen and oxygen atoms in total. The fourth-order valence-corrected chi connectivity index (χ4v) is 7.72. The molecule has 0 unspecified atom stereocenters. The van der Waals surface area contributed by atoms with Crippen LogP contribution in [0.5, 0.6) is 0 Å². The summed E-state index contributed by atoms with van der Waals surface area (Å²) < 4.78 is 10.9. The predicted octanol–water partition coefficient (Wildman–Crippen LogP) is 5.49. The van der Waals surface area contributed by atoms with Crippen molar-refractivity contribution in [1.82, 2.24) is 0 Å². The Balaban J connectivity index is 1.42. The van der Waals surface area contributed by atoms with E-state index in [-0.39, 0.29) is 29.8 Å². The van der Waals surface area contributed by atoms with Crippen LogP contribution >= 0.6 is 11.3 Å². The molecule has 2 aromatic rings. The van der Waals surface area contributed by atoms with E-state index in [1.54, 1.807) is 0 Å². The highest BCUT2D eigenvalue weighted by Gasteiger charge is 2.38. The van der Waals surface area contributed by atoms with Crippen molar-refractivity contribution in [1.29, 1.82) is 0 Å². The molecule has 0 atom stereocenters. The fourth-order valence-electron chi connectivity index (χ4n) is 6.67. The second kappa shape index (κ2) is 14.0. The normalized spacial score (nSPS) is 25.3. The number of rotatable bonds is 8. The molecule has 2 heterocycles. The largest absolute Gasteiger partial charge is 0.428 e. The lowest BCUT2D eigenvalue weighted by Crippen LogP contribution is -3.10. The van der Waals surface area contributed by atoms with E-state index < -0.39 is 12.8 Å². The number of benzene rings is 1. The standard InChI is InChI=1S/C33H44N2O5S/c1-23-13-15-25(16-14-23)31(36)35(27-17-19-34(2)20-18-27)28-21-29(24-9-5-3-6-10-24)41-30(28)33(38)40-22-39-32(37)26-11-7-4-8-12-26/h3,5-6,9-10,21,23,25-27H,4,7-8,11-20,22H2,1-2H3/p+1. The molecule has 1 saturated heterocycles. The third-order valence-corrected chi connectivity index (χ3v) is 10.5. The number of nitrogens with one attached hydrogen (secondary N) is 1. The van der Waals surface area contributed by atoms with Gasteiger partial charge in [-0.15, -0.1) is 11.3 Å². The number of carbonyl (C=O) groups excluding carboxylic acids is 3. The molecule has 8 heteroatoms. The molecule has 0 spiro atoms. The summed E-state index contributed by atoms with van der Waals surface area (Å²) in [4.78, 5) is 45.2. The number of ether oxygens (including phenoxy) is 2. The first-order valence-electron chi connectivity index (χ1n) is 15.6. The Morgan fingerprint density at radius 1 is 0.878 bits per heavy atom. The number of amides is 1.